The summed E-state index contributed by atoms with van der Waals surface area (Å²) in [6, 6.07) is 4.43. The van der Waals surface area contributed by atoms with Crippen LogP contribution in [0, 0.1) is 16.0 Å². The van der Waals surface area contributed by atoms with Gasteiger partial charge in [-0.25, -0.2) is 4.79 Å². The monoisotopic (exact) mass is 426 g/mol. The Bertz CT molecular complexity index is 872. The smallest absolute Gasteiger partial charge is 0.330 e. The number of carbonyl (C=O) groups is 1. The van der Waals surface area contributed by atoms with Crippen molar-refractivity contribution in [3.63, 3.8) is 0 Å². The second-order valence-corrected chi connectivity index (χ2v) is 8.45. The Kier molecular flexibility index (Phi) is 8.96. The molecule has 0 aromatic heterocycles. The number of nitrogens with zero attached hydrogens (tertiary/aromatic N) is 2. The number of benzene rings is 1. The van der Waals surface area contributed by atoms with Crippen molar-refractivity contribution in [2.75, 3.05) is 0 Å². The SMILES string of the molecule is CC(C)OC(=O)/C=C/CC(C)/C(=N\S(=O)(=O)c1ccc([N+](=O)[O-])cc1)OC(C)C. The van der Waals surface area contributed by atoms with Crippen LogP contribution in [-0.2, 0) is 24.3 Å². The summed E-state index contributed by atoms with van der Waals surface area (Å²) < 4.78 is 39.5. The molecule has 0 heterocycles. The van der Waals surface area contributed by atoms with Crippen LogP contribution in [0.3, 0.4) is 0 Å². The van der Waals surface area contributed by atoms with Gasteiger partial charge in [0.25, 0.3) is 15.7 Å². The van der Waals surface area contributed by atoms with Crippen LogP contribution < -0.4 is 0 Å². The average molecular weight is 426 g/mol. The number of hydrogen-bond donors (Lipinski definition) is 0. The van der Waals surface area contributed by atoms with Crippen molar-refractivity contribution >= 4 is 27.6 Å². The molecule has 0 bridgehead atoms. The van der Waals surface area contributed by atoms with E-state index in [1.54, 1.807) is 40.7 Å². The first-order chi connectivity index (χ1) is 13.4. The molecule has 0 saturated heterocycles. The highest BCUT2D eigenvalue weighted by Crippen LogP contribution is 2.20. The van der Waals surface area contributed by atoms with Gasteiger partial charge in [0.1, 0.15) is 0 Å². The van der Waals surface area contributed by atoms with E-state index in [1.807, 2.05) is 0 Å². The first-order valence-electron chi connectivity index (χ1n) is 9.05. The molecule has 0 amide bonds. The highest BCUT2D eigenvalue weighted by atomic mass is 32.2. The Morgan fingerprint density at radius 2 is 1.66 bits per heavy atom. The maximum Gasteiger partial charge on any atom is 0.330 e. The van der Waals surface area contributed by atoms with Gasteiger partial charge in [0, 0.05) is 24.1 Å². The van der Waals surface area contributed by atoms with Crippen molar-refractivity contribution in [2.24, 2.45) is 10.3 Å². The summed E-state index contributed by atoms with van der Waals surface area (Å²) >= 11 is 0. The number of ether oxygens (including phenoxy) is 2. The van der Waals surface area contributed by atoms with Gasteiger partial charge in [-0.3, -0.25) is 10.1 Å². The maximum atomic E-state index is 12.6. The number of carbonyl (C=O) groups excluding carboxylic acids is 1. The van der Waals surface area contributed by atoms with Crippen LogP contribution in [0.5, 0.6) is 0 Å². The van der Waals surface area contributed by atoms with Crippen molar-refractivity contribution in [2.45, 2.75) is 58.1 Å². The Morgan fingerprint density at radius 1 is 1.10 bits per heavy atom. The van der Waals surface area contributed by atoms with Crippen LogP contribution in [0.2, 0.25) is 0 Å². The third-order valence-electron chi connectivity index (χ3n) is 3.43. The van der Waals surface area contributed by atoms with Crippen molar-refractivity contribution in [1.29, 1.82) is 0 Å². The van der Waals surface area contributed by atoms with E-state index in [0.29, 0.717) is 6.42 Å². The van der Waals surface area contributed by atoms with Crippen LogP contribution in [0.1, 0.15) is 41.0 Å². The van der Waals surface area contributed by atoms with E-state index in [9.17, 15) is 23.3 Å². The van der Waals surface area contributed by atoms with Gasteiger partial charge in [-0.15, -0.1) is 4.40 Å². The second kappa shape index (κ2) is 10.7. The quantitative estimate of drug-likeness (QED) is 0.147. The molecule has 0 fully saturated rings. The number of nitro benzene ring substituents is 1. The first-order valence-corrected chi connectivity index (χ1v) is 10.5. The number of allylic oxidation sites excluding steroid dienone is 1. The zero-order chi connectivity index (χ0) is 22.2. The standard InChI is InChI=1S/C19H26N2O7S/c1-13(2)27-18(22)8-6-7-15(5)19(28-14(3)4)20-29(25,26)17-11-9-16(10-12-17)21(23)24/h6,8-15H,7H2,1-5H3/b8-6+,20-19+. The zero-order valence-electron chi connectivity index (χ0n) is 17.1. The minimum Gasteiger partial charge on any atom is -0.477 e. The fourth-order valence-corrected chi connectivity index (χ4v) is 3.17. The Morgan fingerprint density at radius 3 is 2.14 bits per heavy atom. The fraction of sp³-hybridized carbons (Fsp3) is 0.474. The summed E-state index contributed by atoms with van der Waals surface area (Å²) in [4.78, 5) is 21.5. The summed E-state index contributed by atoms with van der Waals surface area (Å²) in [5.74, 6) is -0.942. The Balaban J connectivity index is 3.05. The van der Waals surface area contributed by atoms with E-state index >= 15 is 0 Å². The van der Waals surface area contributed by atoms with Gasteiger partial charge < -0.3 is 9.47 Å². The summed E-state index contributed by atoms with van der Waals surface area (Å²) in [7, 11) is -4.13. The predicted molar refractivity (Wildman–Crippen MR) is 108 cm³/mol. The Labute approximate surface area is 170 Å². The largest absolute Gasteiger partial charge is 0.477 e. The molecule has 0 aliphatic rings. The molecule has 0 spiro atoms. The molecule has 1 unspecified atom stereocenters. The molecule has 29 heavy (non-hydrogen) atoms. The fourth-order valence-electron chi connectivity index (χ4n) is 2.12. The van der Waals surface area contributed by atoms with E-state index in [-0.39, 0.29) is 28.7 Å². The van der Waals surface area contributed by atoms with Crippen LogP contribution >= 0.6 is 0 Å². The molecular formula is C19H26N2O7S. The van der Waals surface area contributed by atoms with Gasteiger partial charge in [0.2, 0.25) is 5.90 Å². The molecule has 0 aliphatic heterocycles. The lowest BCUT2D eigenvalue weighted by Crippen LogP contribution is -2.21. The van der Waals surface area contributed by atoms with E-state index in [4.69, 9.17) is 9.47 Å². The van der Waals surface area contributed by atoms with Crippen LogP contribution in [0.15, 0.2) is 45.7 Å². The van der Waals surface area contributed by atoms with E-state index in [0.717, 1.165) is 24.3 Å². The summed E-state index contributed by atoms with van der Waals surface area (Å²) in [6.07, 6.45) is 2.58. The molecule has 1 aromatic rings. The van der Waals surface area contributed by atoms with Gasteiger partial charge in [-0.2, -0.15) is 8.42 Å². The minimum absolute atomic E-state index is 0.0137. The number of nitro groups is 1. The second-order valence-electron chi connectivity index (χ2n) is 6.85. The normalized spacial score (nSPS) is 13.7. The third kappa shape index (κ3) is 8.43. The number of sulfonamides is 1. The molecule has 0 aliphatic carbocycles. The predicted octanol–water partition coefficient (Wildman–Crippen LogP) is 3.64. The summed E-state index contributed by atoms with van der Waals surface area (Å²) in [5, 5.41) is 10.7. The highest BCUT2D eigenvalue weighted by Gasteiger charge is 2.21. The minimum atomic E-state index is -4.13. The summed E-state index contributed by atoms with van der Waals surface area (Å²) in [5.41, 5.74) is -0.224. The molecular weight excluding hydrogens is 400 g/mol. The van der Waals surface area contributed by atoms with Crippen LogP contribution in [0.4, 0.5) is 5.69 Å². The van der Waals surface area contributed by atoms with Crippen molar-refractivity contribution in [1.82, 2.24) is 0 Å². The molecule has 1 rings (SSSR count). The zero-order valence-corrected chi connectivity index (χ0v) is 17.9. The lowest BCUT2D eigenvalue weighted by Gasteiger charge is -2.17. The van der Waals surface area contributed by atoms with Crippen molar-refractivity contribution in [3.05, 3.63) is 46.5 Å². The molecule has 10 heteroatoms. The number of hydrogen-bond acceptors (Lipinski definition) is 7. The lowest BCUT2D eigenvalue weighted by molar-refractivity contribution is -0.384. The Hall–Kier alpha value is -2.75. The average Bonchev–Trinajstić information content (AvgIpc) is 2.59. The molecule has 9 nitrogen and oxygen atoms in total. The molecule has 0 radical (unpaired) electrons. The van der Waals surface area contributed by atoms with Crippen LogP contribution in [0.25, 0.3) is 0 Å². The third-order valence-corrected chi connectivity index (χ3v) is 4.72. The molecule has 0 saturated carbocycles. The molecule has 1 atom stereocenters. The number of rotatable bonds is 9. The number of esters is 1. The molecule has 160 valence electrons. The maximum absolute atomic E-state index is 12.6. The molecule has 1 aromatic carbocycles. The van der Waals surface area contributed by atoms with Gasteiger partial charge in [-0.1, -0.05) is 13.0 Å². The van der Waals surface area contributed by atoms with Crippen molar-refractivity contribution < 1.29 is 27.6 Å². The van der Waals surface area contributed by atoms with Gasteiger partial charge >= 0.3 is 5.97 Å². The molecule has 0 N–H and O–H groups in total. The first kappa shape index (κ1) is 24.3. The van der Waals surface area contributed by atoms with Crippen LogP contribution in [-0.4, -0.2) is 37.4 Å². The lowest BCUT2D eigenvalue weighted by atomic mass is 10.1. The number of non-ortho nitro benzene ring substituents is 1. The topological polar surface area (TPSA) is 125 Å². The highest BCUT2D eigenvalue weighted by molar-refractivity contribution is 7.90. The summed E-state index contributed by atoms with van der Waals surface area (Å²) in [6.45, 7) is 8.65. The van der Waals surface area contributed by atoms with Gasteiger partial charge in [-0.05, 0) is 46.2 Å². The van der Waals surface area contributed by atoms with Crippen molar-refractivity contribution in [3.8, 4) is 0 Å². The van der Waals surface area contributed by atoms with Gasteiger partial charge in [0.05, 0.1) is 22.0 Å². The van der Waals surface area contributed by atoms with E-state index in [1.165, 1.54) is 6.08 Å². The van der Waals surface area contributed by atoms with Gasteiger partial charge in [0.15, 0.2) is 0 Å². The van der Waals surface area contributed by atoms with E-state index < -0.39 is 26.8 Å². The van der Waals surface area contributed by atoms with E-state index in [2.05, 4.69) is 4.40 Å².